The van der Waals surface area contributed by atoms with Crippen molar-refractivity contribution < 1.29 is 27.4 Å². The highest BCUT2D eigenvalue weighted by atomic mass is 32.1. The molecule has 0 radical (unpaired) electrons. The van der Waals surface area contributed by atoms with E-state index >= 15 is 0 Å². The minimum absolute atomic E-state index is 0.308. The molecule has 0 unspecified atom stereocenters. The Morgan fingerprint density at radius 2 is 1.67 bits per heavy atom. The summed E-state index contributed by atoms with van der Waals surface area (Å²) in [7, 11) is 4.58. The van der Waals surface area contributed by atoms with E-state index in [-0.39, 0.29) is 0 Å². The van der Waals surface area contributed by atoms with Crippen molar-refractivity contribution in [1.29, 1.82) is 0 Å². The maximum absolute atomic E-state index is 12.8. The van der Waals surface area contributed by atoms with E-state index in [1.807, 2.05) is 0 Å². The molecule has 3 aromatic rings. The lowest BCUT2D eigenvalue weighted by Crippen LogP contribution is -2.04. The number of ether oxygens (including phenoxy) is 3. The third kappa shape index (κ3) is 4.02. The molecule has 0 amide bonds. The summed E-state index contributed by atoms with van der Waals surface area (Å²) in [6, 6.07) is 7.13. The van der Waals surface area contributed by atoms with Gasteiger partial charge in [-0.05, 0) is 35.9 Å². The lowest BCUT2D eigenvalue weighted by molar-refractivity contribution is -0.137. The van der Waals surface area contributed by atoms with Gasteiger partial charge in [0.25, 0.3) is 0 Å². The van der Waals surface area contributed by atoms with Gasteiger partial charge in [-0.2, -0.15) is 13.2 Å². The predicted octanol–water partition coefficient (Wildman–Crippen LogP) is 4.95. The molecule has 0 aliphatic rings. The van der Waals surface area contributed by atoms with Crippen LogP contribution in [0.4, 0.5) is 18.3 Å². The van der Waals surface area contributed by atoms with Gasteiger partial charge in [-0.15, -0.1) is 0 Å². The Balaban J connectivity index is 1.82. The van der Waals surface area contributed by atoms with Gasteiger partial charge in [0.05, 0.1) is 37.1 Å². The Morgan fingerprint density at radius 1 is 1.00 bits per heavy atom. The topological polar surface area (TPSA) is 52.6 Å². The molecule has 0 aliphatic heterocycles. The van der Waals surface area contributed by atoms with E-state index in [1.165, 1.54) is 38.7 Å². The first-order valence-corrected chi connectivity index (χ1v) is 8.68. The Morgan fingerprint density at radius 3 is 2.22 bits per heavy atom. The summed E-state index contributed by atoms with van der Waals surface area (Å²) in [4.78, 5) is 4.24. The van der Waals surface area contributed by atoms with E-state index in [4.69, 9.17) is 14.2 Å². The molecule has 0 fully saturated rings. The zero-order chi connectivity index (χ0) is 19.6. The summed E-state index contributed by atoms with van der Waals surface area (Å²) in [5, 5.41) is 3.65. The molecule has 1 aromatic heterocycles. The molecule has 0 atom stereocenters. The van der Waals surface area contributed by atoms with Crippen LogP contribution in [0.3, 0.4) is 0 Å². The first kappa shape index (κ1) is 19.1. The van der Waals surface area contributed by atoms with Gasteiger partial charge in [0.2, 0.25) is 5.75 Å². The number of nitrogens with one attached hydrogen (secondary N) is 1. The molecule has 27 heavy (non-hydrogen) atoms. The molecule has 2 aromatic carbocycles. The van der Waals surface area contributed by atoms with Gasteiger partial charge in [0.1, 0.15) is 0 Å². The van der Waals surface area contributed by atoms with Gasteiger partial charge in [-0.3, -0.25) is 0 Å². The highest BCUT2D eigenvalue weighted by Crippen LogP contribution is 2.39. The highest BCUT2D eigenvalue weighted by molar-refractivity contribution is 7.22. The standard InChI is InChI=1S/C18H17F3N2O3S/c1-24-13-6-10(7-14(25-2)16(13)26-3)9-22-17-23-12-8-11(18(19,20)21)4-5-15(12)27-17/h4-8H,9H2,1-3H3,(H,22,23). The second kappa shape index (κ2) is 7.51. The Kier molecular flexibility index (Phi) is 5.31. The van der Waals surface area contributed by atoms with Gasteiger partial charge in [-0.25, -0.2) is 4.98 Å². The molecule has 9 heteroatoms. The smallest absolute Gasteiger partial charge is 0.416 e. The molecule has 144 valence electrons. The molecular weight excluding hydrogens is 381 g/mol. The second-order valence-corrected chi connectivity index (χ2v) is 6.62. The maximum atomic E-state index is 12.8. The van der Waals surface area contributed by atoms with Crippen molar-refractivity contribution in [3.63, 3.8) is 0 Å². The summed E-state index contributed by atoms with van der Waals surface area (Å²) in [5.74, 6) is 1.53. The number of nitrogens with zero attached hydrogens (tertiary/aromatic N) is 1. The number of fused-ring (bicyclic) bond motifs is 1. The predicted molar refractivity (Wildman–Crippen MR) is 98.0 cm³/mol. The Hall–Kier alpha value is -2.68. The maximum Gasteiger partial charge on any atom is 0.416 e. The van der Waals surface area contributed by atoms with Crippen LogP contribution in [-0.2, 0) is 12.7 Å². The monoisotopic (exact) mass is 398 g/mol. The van der Waals surface area contributed by atoms with Crippen molar-refractivity contribution in [1.82, 2.24) is 4.98 Å². The van der Waals surface area contributed by atoms with Crippen molar-refractivity contribution in [3.8, 4) is 17.2 Å². The molecule has 0 spiro atoms. The number of halogens is 3. The number of benzene rings is 2. The Labute approximate surface area is 157 Å². The van der Waals surface area contributed by atoms with E-state index in [0.717, 1.165) is 17.7 Å². The summed E-state index contributed by atoms with van der Waals surface area (Å²) < 4.78 is 55.1. The van der Waals surface area contributed by atoms with Crippen molar-refractivity contribution >= 4 is 26.7 Å². The summed E-state index contributed by atoms with van der Waals surface area (Å²) >= 11 is 1.29. The number of hydrogen-bond donors (Lipinski definition) is 1. The number of aromatic nitrogens is 1. The van der Waals surface area contributed by atoms with E-state index in [0.29, 0.717) is 39.1 Å². The minimum Gasteiger partial charge on any atom is -0.493 e. The second-order valence-electron chi connectivity index (χ2n) is 5.59. The van der Waals surface area contributed by atoms with Crippen LogP contribution in [0.1, 0.15) is 11.1 Å². The number of hydrogen-bond acceptors (Lipinski definition) is 6. The molecular formula is C18H17F3N2O3S. The molecule has 0 bridgehead atoms. The molecule has 1 N–H and O–H groups in total. The number of thiazole rings is 1. The van der Waals surface area contributed by atoms with Gasteiger partial charge < -0.3 is 19.5 Å². The number of methoxy groups -OCH3 is 3. The number of alkyl halides is 3. The first-order valence-electron chi connectivity index (χ1n) is 7.86. The number of anilines is 1. The largest absolute Gasteiger partial charge is 0.493 e. The zero-order valence-electron chi connectivity index (χ0n) is 14.8. The fourth-order valence-corrected chi connectivity index (χ4v) is 3.44. The third-order valence-corrected chi connectivity index (χ3v) is 4.88. The highest BCUT2D eigenvalue weighted by Gasteiger charge is 2.30. The average Bonchev–Trinajstić information content (AvgIpc) is 3.06. The molecule has 0 saturated heterocycles. The van der Waals surface area contributed by atoms with Crippen LogP contribution in [0.25, 0.3) is 10.2 Å². The third-order valence-electron chi connectivity index (χ3n) is 3.88. The fraction of sp³-hybridized carbons (Fsp3) is 0.278. The summed E-state index contributed by atoms with van der Waals surface area (Å²) in [5.41, 5.74) is 0.443. The van der Waals surface area contributed by atoms with Gasteiger partial charge >= 0.3 is 6.18 Å². The van der Waals surface area contributed by atoms with Crippen molar-refractivity contribution in [2.75, 3.05) is 26.6 Å². The van der Waals surface area contributed by atoms with Gasteiger partial charge in [0.15, 0.2) is 16.6 Å². The van der Waals surface area contributed by atoms with Crippen LogP contribution in [0, 0.1) is 0 Å². The number of rotatable bonds is 6. The SMILES string of the molecule is COc1cc(CNc2nc3cc(C(F)(F)F)ccc3s2)cc(OC)c1OC. The van der Waals surface area contributed by atoms with E-state index in [2.05, 4.69) is 10.3 Å². The zero-order valence-corrected chi connectivity index (χ0v) is 15.6. The fourth-order valence-electron chi connectivity index (χ4n) is 2.59. The normalized spacial score (nSPS) is 11.5. The van der Waals surface area contributed by atoms with Crippen LogP contribution >= 0.6 is 11.3 Å². The average molecular weight is 398 g/mol. The van der Waals surface area contributed by atoms with Crippen molar-refractivity contribution in [3.05, 3.63) is 41.5 Å². The lowest BCUT2D eigenvalue weighted by atomic mass is 10.2. The quantitative estimate of drug-likeness (QED) is 0.637. The van der Waals surface area contributed by atoms with Gasteiger partial charge in [0, 0.05) is 6.54 Å². The van der Waals surface area contributed by atoms with Crippen LogP contribution in [0.5, 0.6) is 17.2 Å². The molecule has 1 heterocycles. The van der Waals surface area contributed by atoms with E-state index < -0.39 is 11.7 Å². The molecule has 0 saturated carbocycles. The Bertz CT molecular complexity index is 932. The first-order chi connectivity index (χ1) is 12.9. The van der Waals surface area contributed by atoms with Crippen molar-refractivity contribution in [2.45, 2.75) is 12.7 Å². The lowest BCUT2D eigenvalue weighted by Gasteiger charge is -2.14. The van der Waals surface area contributed by atoms with Crippen LogP contribution in [-0.4, -0.2) is 26.3 Å². The van der Waals surface area contributed by atoms with Crippen molar-refractivity contribution in [2.24, 2.45) is 0 Å². The summed E-state index contributed by atoms with van der Waals surface area (Å²) in [6.45, 7) is 0.392. The molecule has 0 aliphatic carbocycles. The van der Waals surface area contributed by atoms with Crippen LogP contribution < -0.4 is 19.5 Å². The van der Waals surface area contributed by atoms with Crippen LogP contribution in [0.2, 0.25) is 0 Å². The summed E-state index contributed by atoms with van der Waals surface area (Å²) in [6.07, 6.45) is -4.39. The van der Waals surface area contributed by atoms with Crippen LogP contribution in [0.15, 0.2) is 30.3 Å². The molecule has 3 rings (SSSR count). The molecule has 5 nitrogen and oxygen atoms in total. The van der Waals surface area contributed by atoms with E-state index in [1.54, 1.807) is 12.1 Å². The van der Waals surface area contributed by atoms with Gasteiger partial charge in [-0.1, -0.05) is 11.3 Å². The minimum atomic E-state index is -4.39. The van der Waals surface area contributed by atoms with E-state index in [9.17, 15) is 13.2 Å².